The molecule has 0 bridgehead atoms. The summed E-state index contributed by atoms with van der Waals surface area (Å²) in [7, 11) is 0. The third-order valence-corrected chi connectivity index (χ3v) is 15.4. The maximum absolute atomic E-state index is 13.7. The van der Waals surface area contributed by atoms with E-state index in [0.29, 0.717) is 43.9 Å². The van der Waals surface area contributed by atoms with Gasteiger partial charge in [0, 0.05) is 103 Å². The van der Waals surface area contributed by atoms with Gasteiger partial charge in [-0.1, -0.05) is 24.3 Å². The van der Waals surface area contributed by atoms with E-state index in [1.807, 2.05) is 38.1 Å². The lowest BCUT2D eigenvalue weighted by Crippen LogP contribution is -2.57. The second kappa shape index (κ2) is 51.5. The molecule has 0 saturated carbocycles. The van der Waals surface area contributed by atoms with E-state index in [4.69, 9.17) is 28.4 Å². The summed E-state index contributed by atoms with van der Waals surface area (Å²) in [6.45, 7) is 6.66. The molecule has 604 valence electrons. The van der Waals surface area contributed by atoms with Crippen LogP contribution in [0.1, 0.15) is 111 Å². The normalized spacial score (nSPS) is 12.7. The van der Waals surface area contributed by atoms with E-state index in [2.05, 4.69) is 72.6 Å². The number of amides is 7. The highest BCUT2D eigenvalue weighted by Gasteiger charge is 2.36. The van der Waals surface area contributed by atoms with Crippen molar-refractivity contribution in [1.29, 1.82) is 0 Å². The molecule has 0 saturated heterocycles. The summed E-state index contributed by atoms with van der Waals surface area (Å²) in [4.78, 5) is 135. The van der Waals surface area contributed by atoms with Crippen LogP contribution < -0.4 is 62.6 Å². The van der Waals surface area contributed by atoms with Crippen LogP contribution in [-0.2, 0) is 76.4 Å². The predicted octanol–water partition coefficient (Wildman–Crippen LogP) is 4.56. The smallest absolute Gasteiger partial charge is 0.481 e. The number of aldehydes is 1. The van der Waals surface area contributed by atoms with Gasteiger partial charge in [-0.15, -0.1) is 26.3 Å². The number of rotatable bonds is 59. The minimum absolute atomic E-state index is 0.0182. The van der Waals surface area contributed by atoms with Gasteiger partial charge in [-0.3, -0.25) is 43.2 Å². The number of aryl methyl sites for hydroxylation is 2. The number of halogens is 6. The quantitative estimate of drug-likeness (QED) is 0.0164. The van der Waals surface area contributed by atoms with E-state index >= 15 is 0 Å². The average Bonchev–Trinajstić information content (AvgIpc) is 0.845. The van der Waals surface area contributed by atoms with Crippen molar-refractivity contribution in [3.05, 3.63) is 107 Å². The molecule has 2 heterocycles. The molecule has 32 nitrogen and oxygen atoms in total. The molecule has 109 heavy (non-hydrogen) atoms. The highest BCUT2D eigenvalue weighted by atomic mass is 19.4. The second-order valence-electron chi connectivity index (χ2n) is 24.5. The van der Waals surface area contributed by atoms with Crippen molar-refractivity contribution in [2.24, 2.45) is 0 Å². The van der Waals surface area contributed by atoms with Crippen molar-refractivity contribution in [1.82, 2.24) is 52.5 Å². The lowest BCUT2D eigenvalue weighted by molar-refractivity contribution is -0.275. The summed E-state index contributed by atoms with van der Waals surface area (Å²) < 4.78 is 119. The summed E-state index contributed by atoms with van der Waals surface area (Å²) in [5.74, 6) is -6.47. The zero-order chi connectivity index (χ0) is 79.7. The SMILES string of the molecule is Cc1ccnc(NCCCC(=O)N[C@@H](CCC(=O)NCCOCCOCCOCCNC(=O)CCC(=O)NCCOCCOCCOCCNC(=O)CC[C@](C=O)(CNC(CC(=O)O)c2cccc(OC(F)(F)F)c2)NC(=O)CCCNc2cc(C)ccn2)C(=O)NC(CC(=O)O)c2cccc(OC(F)(F)F)c2)c1. The van der Waals surface area contributed by atoms with Gasteiger partial charge in [0.1, 0.15) is 41.0 Å². The average molecular weight is 1550 g/mol. The second-order valence-corrected chi connectivity index (χ2v) is 24.5. The fraction of sp³-hybridized carbons (Fsp3) is 0.549. The molecule has 2 unspecified atom stereocenters. The number of nitrogens with zero attached hydrogens (tertiary/aromatic N) is 2. The molecule has 4 rings (SSSR count). The molecule has 0 aliphatic rings. The Bertz CT molecular complexity index is 3460. The zero-order valence-corrected chi connectivity index (χ0v) is 60.7. The molecule has 0 radical (unpaired) electrons. The van der Waals surface area contributed by atoms with Crippen molar-refractivity contribution < 1.29 is 122 Å². The highest BCUT2D eigenvalue weighted by Crippen LogP contribution is 2.29. The van der Waals surface area contributed by atoms with Crippen LogP contribution in [0.15, 0.2) is 85.2 Å². The van der Waals surface area contributed by atoms with E-state index in [-0.39, 0.29) is 180 Å². The Morgan fingerprint density at radius 3 is 1.29 bits per heavy atom. The number of benzene rings is 2. The highest BCUT2D eigenvalue weighted by molar-refractivity contribution is 5.89. The summed E-state index contributed by atoms with van der Waals surface area (Å²) in [5.41, 5.74) is 0.251. The van der Waals surface area contributed by atoms with Crippen LogP contribution in [0.2, 0.25) is 0 Å². The standard InChI is InChI=1S/C71H98F6N12O20/c1-49-18-23-80-58(41-49)78-21-5-11-64(95)87-55(68(101)88-57(46-67(99)100)52-8-4-10-54(44-52)109-71(75,76)77)13-14-60(91)82-25-29-102-33-37-106-38-34-103-30-26-83-61(92)15-16-62(93)84-27-31-104-35-39-107-40-36-105-32-28-85-63(94)17-20-69(48-90,89-65(96)12-6-22-79-59-42-50(2)19-24-81-59)47-86-56(45-66(97)98)51-7-3-9-53(43-51)108-70(72,73)74/h3-4,7-10,18-19,23-24,41-44,48,55-57,86H,5-6,11-17,20-22,25-40,45-47H2,1-2H3,(H,78,80)(H,79,81)(H,82,91)(H,83,92)(H,84,93)(H,85,94)(H,87,95)(H,88,101)(H,89,96)(H,97,98)(H,99,100)/t55-,56?,57?,69+/m0/s1. The third kappa shape index (κ3) is 43.7. The van der Waals surface area contributed by atoms with E-state index < -0.39 is 109 Å². The Balaban J connectivity index is 1.00. The number of carbonyl (C=O) groups excluding carboxylic acids is 8. The van der Waals surface area contributed by atoms with Gasteiger partial charge in [0.2, 0.25) is 41.4 Å². The van der Waals surface area contributed by atoms with Crippen molar-refractivity contribution in [3.8, 4) is 11.5 Å². The number of aromatic nitrogens is 2. The first kappa shape index (κ1) is 91.5. The number of aliphatic carboxylic acids is 2. The number of carbonyl (C=O) groups is 10. The van der Waals surface area contributed by atoms with Crippen LogP contribution in [0.25, 0.3) is 0 Å². The molecular weight excluding hydrogens is 1450 g/mol. The zero-order valence-electron chi connectivity index (χ0n) is 60.7. The first-order valence-electron chi connectivity index (χ1n) is 35.2. The lowest BCUT2D eigenvalue weighted by atomic mass is 9.92. The first-order valence-corrected chi connectivity index (χ1v) is 35.2. The van der Waals surface area contributed by atoms with Crippen LogP contribution in [0.4, 0.5) is 38.0 Å². The monoisotopic (exact) mass is 1550 g/mol. The summed E-state index contributed by atoms with van der Waals surface area (Å²) >= 11 is 0. The lowest BCUT2D eigenvalue weighted by Gasteiger charge is -2.32. The number of alkyl halides is 6. The summed E-state index contributed by atoms with van der Waals surface area (Å²) in [6, 6.07) is 12.5. The predicted molar refractivity (Wildman–Crippen MR) is 379 cm³/mol. The van der Waals surface area contributed by atoms with Crippen LogP contribution in [0.3, 0.4) is 0 Å². The molecule has 0 fully saturated rings. The minimum Gasteiger partial charge on any atom is -0.481 e. The van der Waals surface area contributed by atoms with E-state index in [1.54, 1.807) is 12.4 Å². The fourth-order valence-electron chi connectivity index (χ4n) is 10.1. The Kier molecular flexibility index (Phi) is 43.2. The van der Waals surface area contributed by atoms with Crippen molar-refractivity contribution in [2.45, 2.75) is 127 Å². The molecule has 7 amide bonds. The number of nitrogens with one attached hydrogen (secondary N) is 10. The molecule has 0 aliphatic carbocycles. The van der Waals surface area contributed by atoms with E-state index in [9.17, 15) is 84.5 Å². The molecular formula is C71H98F6N12O20. The number of anilines is 2. The maximum Gasteiger partial charge on any atom is 0.573 e. The minimum atomic E-state index is -5.04. The fourth-order valence-corrected chi connectivity index (χ4v) is 10.1. The van der Waals surface area contributed by atoms with Gasteiger partial charge in [-0.05, 0) is 110 Å². The Morgan fingerprint density at radius 2 is 0.872 bits per heavy atom. The van der Waals surface area contributed by atoms with Crippen LogP contribution in [0.5, 0.6) is 11.5 Å². The topological polar surface area (TPSA) is 431 Å². The van der Waals surface area contributed by atoms with Gasteiger partial charge in [0.15, 0.2) is 0 Å². The molecule has 0 aliphatic heterocycles. The summed E-state index contributed by atoms with van der Waals surface area (Å²) in [5, 5.41) is 46.8. The molecule has 4 atom stereocenters. The molecule has 2 aromatic heterocycles. The number of carboxylic acids is 2. The molecule has 12 N–H and O–H groups in total. The molecule has 38 heteroatoms. The van der Waals surface area contributed by atoms with Crippen LogP contribution in [-0.4, -0.2) is 229 Å². The van der Waals surface area contributed by atoms with E-state index in [1.165, 1.54) is 24.3 Å². The number of hydrogen-bond acceptors (Lipinski definition) is 23. The van der Waals surface area contributed by atoms with Crippen molar-refractivity contribution in [2.75, 3.05) is 136 Å². The van der Waals surface area contributed by atoms with Gasteiger partial charge in [0.25, 0.3) is 0 Å². The number of ether oxygens (including phenoxy) is 8. The van der Waals surface area contributed by atoms with Crippen LogP contribution >= 0.6 is 0 Å². The van der Waals surface area contributed by atoms with Crippen molar-refractivity contribution in [3.63, 3.8) is 0 Å². The molecule has 0 spiro atoms. The Morgan fingerprint density at radius 1 is 0.468 bits per heavy atom. The van der Waals surface area contributed by atoms with Gasteiger partial charge >= 0.3 is 24.7 Å². The summed E-state index contributed by atoms with van der Waals surface area (Å²) in [6.07, 6.45) is -8.35. The molecule has 2 aromatic carbocycles. The maximum atomic E-state index is 13.7. The number of carboxylic acid groups (broad SMARTS) is 2. The number of hydrogen-bond donors (Lipinski definition) is 12. The Labute approximate surface area is 626 Å². The van der Waals surface area contributed by atoms with Crippen molar-refractivity contribution >= 4 is 71.2 Å². The third-order valence-electron chi connectivity index (χ3n) is 15.4. The van der Waals surface area contributed by atoms with E-state index in [0.717, 1.165) is 35.4 Å². The van der Waals surface area contributed by atoms with Gasteiger partial charge in [-0.2, -0.15) is 0 Å². The van der Waals surface area contributed by atoms with Gasteiger partial charge in [0.05, 0.1) is 98.2 Å². The van der Waals surface area contributed by atoms with Gasteiger partial charge in [-0.25, -0.2) is 9.97 Å². The Hall–Kier alpha value is -9.86. The number of pyridine rings is 2. The largest absolute Gasteiger partial charge is 0.573 e. The van der Waals surface area contributed by atoms with Gasteiger partial charge < -0.3 is 106 Å². The first-order chi connectivity index (χ1) is 52.1. The molecule has 4 aromatic rings. The van der Waals surface area contributed by atoms with Crippen LogP contribution in [0, 0.1) is 13.8 Å².